The molecule has 0 aromatic carbocycles. The zero-order valence-corrected chi connectivity index (χ0v) is 41.4. The van der Waals surface area contributed by atoms with Gasteiger partial charge in [-0.05, 0) is 109 Å². The van der Waals surface area contributed by atoms with E-state index >= 15 is 0 Å². The normalized spacial score (nSPS) is 14.0. The highest BCUT2D eigenvalue weighted by atomic mass is 16.6. The van der Waals surface area contributed by atoms with Crippen molar-refractivity contribution in [1.29, 1.82) is 0 Å². The van der Waals surface area contributed by atoms with Crippen molar-refractivity contribution in [2.24, 2.45) is 0 Å². The minimum atomic E-state index is -0.896. The smallest absolute Gasteiger partial charge is 0.362 e. The first-order chi connectivity index (χ1) is 31.6. The van der Waals surface area contributed by atoms with Gasteiger partial charge in [-0.2, -0.15) is 0 Å². The summed E-state index contributed by atoms with van der Waals surface area (Å²) < 4.78 is 17.2. The molecule has 364 valence electrons. The van der Waals surface area contributed by atoms with Gasteiger partial charge in [-0.1, -0.05) is 160 Å². The van der Waals surface area contributed by atoms with E-state index in [1.807, 2.05) is 21.1 Å². The Balaban J connectivity index is 4.50. The Morgan fingerprint density at radius 1 is 0.477 bits per heavy atom. The van der Waals surface area contributed by atoms with Crippen LogP contribution in [0.15, 0.2) is 134 Å². The molecule has 0 aromatic heterocycles. The second kappa shape index (κ2) is 46.0. The average Bonchev–Trinajstić information content (AvgIpc) is 3.27. The summed E-state index contributed by atoms with van der Waals surface area (Å²) in [6.45, 7) is 4.46. The van der Waals surface area contributed by atoms with Gasteiger partial charge < -0.3 is 23.8 Å². The molecule has 0 rings (SSSR count). The lowest BCUT2D eigenvalue weighted by atomic mass is 10.1. The van der Waals surface area contributed by atoms with Crippen LogP contribution in [0.25, 0.3) is 0 Å². The van der Waals surface area contributed by atoms with Crippen LogP contribution in [0.1, 0.15) is 155 Å². The Labute approximate surface area is 396 Å². The van der Waals surface area contributed by atoms with E-state index in [1.54, 1.807) is 0 Å². The summed E-state index contributed by atoms with van der Waals surface area (Å²) in [6, 6.07) is -0.641. The molecule has 0 spiro atoms. The summed E-state index contributed by atoms with van der Waals surface area (Å²) in [5.74, 6) is -1.62. The number of rotatable bonds is 42. The van der Waals surface area contributed by atoms with Gasteiger partial charge in [0.05, 0.1) is 34.4 Å². The van der Waals surface area contributed by atoms with E-state index in [1.165, 1.54) is 25.7 Å². The fraction of sp³-hybridized carbons (Fsp3) is 0.561. The molecule has 65 heavy (non-hydrogen) atoms. The van der Waals surface area contributed by atoms with Crippen LogP contribution in [0.5, 0.6) is 0 Å². The molecule has 2 atom stereocenters. The number of carboxylic acid groups (broad SMARTS) is 1. The van der Waals surface area contributed by atoms with Crippen molar-refractivity contribution in [2.75, 3.05) is 41.0 Å². The maximum absolute atomic E-state index is 12.8. The maximum atomic E-state index is 12.8. The number of unbranched alkanes of at least 4 members (excludes halogenated alkanes) is 6. The van der Waals surface area contributed by atoms with Crippen LogP contribution >= 0.6 is 0 Å². The molecule has 0 saturated heterocycles. The highest BCUT2D eigenvalue weighted by Crippen LogP contribution is 2.11. The predicted octanol–water partition coefficient (Wildman–Crippen LogP) is 14.4. The summed E-state index contributed by atoms with van der Waals surface area (Å²) >= 11 is 0. The van der Waals surface area contributed by atoms with Gasteiger partial charge in [-0.3, -0.25) is 9.59 Å². The number of quaternary nitrogens is 1. The van der Waals surface area contributed by atoms with Crippen LogP contribution in [-0.2, 0) is 28.6 Å². The predicted molar refractivity (Wildman–Crippen MR) is 275 cm³/mol. The molecule has 0 aromatic rings. The van der Waals surface area contributed by atoms with Gasteiger partial charge in [-0.25, -0.2) is 4.79 Å². The first kappa shape index (κ1) is 60.5. The molecule has 0 aliphatic rings. The number of carboxylic acids is 1. The molecule has 2 unspecified atom stereocenters. The summed E-state index contributed by atoms with van der Waals surface area (Å²) in [4.78, 5) is 37.1. The van der Waals surface area contributed by atoms with Gasteiger partial charge in [0, 0.05) is 19.3 Å². The van der Waals surface area contributed by atoms with E-state index in [9.17, 15) is 19.5 Å². The van der Waals surface area contributed by atoms with Gasteiger partial charge in [0.25, 0.3) is 0 Å². The fourth-order valence-electron chi connectivity index (χ4n) is 6.24. The Morgan fingerprint density at radius 3 is 1.26 bits per heavy atom. The number of nitrogens with zero attached hydrogens (tertiary/aromatic N) is 1. The number of esters is 2. The van der Waals surface area contributed by atoms with Crippen LogP contribution in [0.3, 0.4) is 0 Å². The minimum absolute atomic E-state index is 0.0151. The molecule has 0 fully saturated rings. The van der Waals surface area contributed by atoms with E-state index in [2.05, 4.69) is 148 Å². The fourth-order valence-corrected chi connectivity index (χ4v) is 6.24. The summed E-state index contributed by atoms with van der Waals surface area (Å²) in [5.41, 5.74) is 0. The van der Waals surface area contributed by atoms with Crippen molar-refractivity contribution in [1.82, 2.24) is 0 Å². The Morgan fingerprint density at radius 2 is 0.862 bits per heavy atom. The summed E-state index contributed by atoms with van der Waals surface area (Å²) in [6.07, 6.45) is 66.5. The standard InChI is InChI=1S/C57H89NO7/c1-6-8-10-12-14-16-18-20-22-24-26-28-30-32-34-36-38-40-42-44-46-48-56(60)65-53(51-63-50-49-54(57(61)62)58(3,4)5)52-64-55(59)47-45-43-41-39-37-35-33-31-29-27-25-23-21-19-17-15-13-11-9-7-2/h9,11,14-17,20-23,26-29,32-35,38-41,53-54H,6-8,10,12-13,18-19,24-25,30-31,36-37,42-52H2,1-5H3/p+1/b11-9+,16-14+,17-15+,22-20+,23-21+,28-26+,29-27+,34-32+,35-33+,40-38+,41-39+. The average molecular weight is 901 g/mol. The highest BCUT2D eigenvalue weighted by molar-refractivity contribution is 5.72. The Kier molecular flexibility index (Phi) is 42.8. The number of likely N-dealkylation sites (N-methyl/N-ethyl adjacent to an activating group) is 1. The molecule has 8 nitrogen and oxygen atoms in total. The quantitative estimate of drug-likeness (QED) is 0.0282. The highest BCUT2D eigenvalue weighted by Gasteiger charge is 2.31. The molecule has 8 heteroatoms. The van der Waals surface area contributed by atoms with Crippen LogP contribution in [-0.4, -0.2) is 80.6 Å². The van der Waals surface area contributed by atoms with Crippen molar-refractivity contribution in [2.45, 2.75) is 167 Å². The van der Waals surface area contributed by atoms with Gasteiger partial charge in [-0.15, -0.1) is 0 Å². The largest absolute Gasteiger partial charge is 0.477 e. The SMILES string of the molecule is CC/C=C/C/C=C/C/C=C/C/C=C/C/C=C/C/C=C/CCCC(=O)OCC(COCCC(C(=O)O)[N+](C)(C)C)OC(=O)CCCC/C=C/C/C=C/C/C=C/C/C=C/C/C=C/CCCCC. The van der Waals surface area contributed by atoms with Crippen molar-refractivity contribution in [3.05, 3.63) is 134 Å². The van der Waals surface area contributed by atoms with E-state index in [-0.39, 0.29) is 49.1 Å². The second-order valence-electron chi connectivity index (χ2n) is 17.0. The number of allylic oxidation sites excluding steroid dienone is 22. The molecule has 1 N–H and O–H groups in total. The Hall–Kier alpha value is -4.53. The topological polar surface area (TPSA) is 99.1 Å². The third-order valence-electron chi connectivity index (χ3n) is 10.0. The molecule has 0 saturated carbocycles. The van der Waals surface area contributed by atoms with Crippen molar-refractivity contribution >= 4 is 17.9 Å². The number of hydrogen-bond acceptors (Lipinski definition) is 6. The van der Waals surface area contributed by atoms with Crippen LogP contribution in [0, 0.1) is 0 Å². The third kappa shape index (κ3) is 44.5. The van der Waals surface area contributed by atoms with E-state index in [0.717, 1.165) is 83.5 Å². The third-order valence-corrected chi connectivity index (χ3v) is 10.0. The molecule has 0 bridgehead atoms. The molecule has 0 aliphatic heterocycles. The van der Waals surface area contributed by atoms with E-state index in [0.29, 0.717) is 19.3 Å². The monoisotopic (exact) mass is 901 g/mol. The van der Waals surface area contributed by atoms with Crippen LogP contribution in [0.2, 0.25) is 0 Å². The molecule has 0 amide bonds. The minimum Gasteiger partial charge on any atom is -0.477 e. The lowest BCUT2D eigenvalue weighted by Crippen LogP contribution is -2.50. The van der Waals surface area contributed by atoms with E-state index < -0.39 is 18.1 Å². The molecule has 0 aliphatic carbocycles. The first-order valence-corrected chi connectivity index (χ1v) is 24.7. The van der Waals surface area contributed by atoms with Crippen LogP contribution in [0.4, 0.5) is 0 Å². The number of carbonyl (C=O) groups excluding carboxylic acids is 2. The zero-order valence-electron chi connectivity index (χ0n) is 41.4. The van der Waals surface area contributed by atoms with Crippen molar-refractivity contribution in [3.8, 4) is 0 Å². The zero-order chi connectivity index (χ0) is 47.7. The van der Waals surface area contributed by atoms with Gasteiger partial charge in [0.1, 0.15) is 6.61 Å². The van der Waals surface area contributed by atoms with Crippen molar-refractivity contribution < 1.29 is 38.2 Å². The maximum Gasteiger partial charge on any atom is 0.362 e. The lowest BCUT2D eigenvalue weighted by Gasteiger charge is -2.31. The molecular weight excluding hydrogens is 811 g/mol. The number of ether oxygens (including phenoxy) is 3. The number of hydrogen-bond donors (Lipinski definition) is 1. The number of aliphatic carboxylic acids is 1. The van der Waals surface area contributed by atoms with Gasteiger partial charge >= 0.3 is 17.9 Å². The molecular formula is C57H90NO7+. The van der Waals surface area contributed by atoms with Crippen LogP contribution < -0.4 is 0 Å². The molecule has 0 heterocycles. The lowest BCUT2D eigenvalue weighted by molar-refractivity contribution is -0.887. The second-order valence-corrected chi connectivity index (χ2v) is 17.0. The van der Waals surface area contributed by atoms with E-state index in [4.69, 9.17) is 14.2 Å². The first-order valence-electron chi connectivity index (χ1n) is 24.7. The van der Waals surface area contributed by atoms with Gasteiger partial charge in [0.15, 0.2) is 12.1 Å². The molecule has 0 radical (unpaired) electrons. The number of carbonyl (C=O) groups is 3. The van der Waals surface area contributed by atoms with Crippen molar-refractivity contribution in [3.63, 3.8) is 0 Å². The van der Waals surface area contributed by atoms with Gasteiger partial charge in [0.2, 0.25) is 0 Å². The summed E-state index contributed by atoms with van der Waals surface area (Å²) in [5, 5.41) is 9.65. The Bertz CT molecular complexity index is 1520. The summed E-state index contributed by atoms with van der Waals surface area (Å²) in [7, 11) is 5.48.